The molecule has 0 bridgehead atoms. The van der Waals surface area contributed by atoms with Crippen molar-refractivity contribution in [3.05, 3.63) is 53.9 Å². The molecule has 4 heteroatoms. The van der Waals surface area contributed by atoms with Crippen molar-refractivity contribution in [2.24, 2.45) is 0 Å². The Morgan fingerprint density at radius 1 is 1.00 bits per heavy atom. The Labute approximate surface area is 126 Å². The zero-order valence-corrected chi connectivity index (χ0v) is 12.9. The summed E-state index contributed by atoms with van der Waals surface area (Å²) >= 11 is 0. The number of aromatic nitrogens is 1. The van der Waals surface area contributed by atoms with Gasteiger partial charge in [0.05, 0.1) is 19.9 Å². The number of hydrogen-bond donors (Lipinski definition) is 0. The van der Waals surface area contributed by atoms with E-state index >= 15 is 0 Å². The molecule has 2 aromatic rings. The molecule has 2 rings (SSSR count). The number of nitrogens with zero attached hydrogens (tertiary/aromatic N) is 2. The topological polar surface area (TPSA) is 34.6 Å². The van der Waals surface area contributed by atoms with Gasteiger partial charge in [-0.25, -0.2) is 0 Å². The minimum atomic E-state index is 0.758. The number of ether oxygens (including phenoxy) is 2. The zero-order chi connectivity index (χ0) is 15.1. The van der Waals surface area contributed by atoms with Crippen molar-refractivity contribution in [2.75, 3.05) is 20.8 Å². The minimum absolute atomic E-state index is 0.758. The molecule has 1 heterocycles. The van der Waals surface area contributed by atoms with Gasteiger partial charge in [0.2, 0.25) is 0 Å². The third kappa shape index (κ3) is 4.20. The van der Waals surface area contributed by atoms with E-state index in [0.29, 0.717) is 0 Å². The number of methoxy groups -OCH3 is 2. The fourth-order valence-electron chi connectivity index (χ4n) is 2.24. The molecule has 1 aromatic heterocycles. The second kappa shape index (κ2) is 7.64. The summed E-state index contributed by atoms with van der Waals surface area (Å²) in [6.07, 6.45) is 1.83. The second-order valence-electron chi connectivity index (χ2n) is 4.81. The predicted octanol–water partition coefficient (Wildman–Crippen LogP) is 3.12. The zero-order valence-electron chi connectivity index (χ0n) is 12.9. The van der Waals surface area contributed by atoms with Crippen molar-refractivity contribution in [3.63, 3.8) is 0 Å². The summed E-state index contributed by atoms with van der Waals surface area (Å²) in [5.74, 6) is 1.53. The molecule has 0 spiro atoms. The molecule has 0 fully saturated rings. The van der Waals surface area contributed by atoms with E-state index in [1.807, 2.05) is 30.5 Å². The van der Waals surface area contributed by atoms with Gasteiger partial charge in [-0.3, -0.25) is 9.88 Å². The van der Waals surface area contributed by atoms with Gasteiger partial charge in [-0.2, -0.15) is 0 Å². The number of benzene rings is 1. The summed E-state index contributed by atoms with van der Waals surface area (Å²) in [6, 6.07) is 12.1. The lowest BCUT2D eigenvalue weighted by Gasteiger charge is -2.20. The first kappa shape index (κ1) is 15.3. The molecule has 0 radical (unpaired) electrons. The van der Waals surface area contributed by atoms with E-state index in [9.17, 15) is 0 Å². The van der Waals surface area contributed by atoms with Crippen LogP contribution in [-0.4, -0.2) is 30.6 Å². The molecular formula is C17H22N2O2. The molecule has 0 aliphatic heterocycles. The maximum atomic E-state index is 5.35. The van der Waals surface area contributed by atoms with Crippen LogP contribution in [-0.2, 0) is 13.1 Å². The van der Waals surface area contributed by atoms with E-state index < -0.39 is 0 Å². The Morgan fingerprint density at radius 3 is 2.43 bits per heavy atom. The molecule has 1 aromatic carbocycles. The van der Waals surface area contributed by atoms with Gasteiger partial charge in [0, 0.05) is 19.3 Å². The maximum absolute atomic E-state index is 5.35. The fourth-order valence-corrected chi connectivity index (χ4v) is 2.24. The molecule has 21 heavy (non-hydrogen) atoms. The van der Waals surface area contributed by atoms with Crippen LogP contribution in [0.1, 0.15) is 18.2 Å². The van der Waals surface area contributed by atoms with Gasteiger partial charge in [-0.1, -0.05) is 19.1 Å². The maximum Gasteiger partial charge on any atom is 0.161 e. The van der Waals surface area contributed by atoms with Gasteiger partial charge < -0.3 is 9.47 Å². The van der Waals surface area contributed by atoms with Gasteiger partial charge in [0.25, 0.3) is 0 Å². The lowest BCUT2D eigenvalue weighted by Crippen LogP contribution is -2.22. The largest absolute Gasteiger partial charge is 0.493 e. The van der Waals surface area contributed by atoms with Crippen molar-refractivity contribution in [2.45, 2.75) is 20.0 Å². The first-order chi connectivity index (χ1) is 10.3. The van der Waals surface area contributed by atoms with Crippen molar-refractivity contribution in [3.8, 4) is 11.5 Å². The molecule has 0 aliphatic carbocycles. The smallest absolute Gasteiger partial charge is 0.161 e. The van der Waals surface area contributed by atoms with Crippen molar-refractivity contribution < 1.29 is 9.47 Å². The first-order valence-corrected chi connectivity index (χ1v) is 7.10. The molecule has 0 saturated carbocycles. The van der Waals surface area contributed by atoms with Crippen LogP contribution in [0.25, 0.3) is 0 Å². The third-order valence-electron chi connectivity index (χ3n) is 3.41. The fraction of sp³-hybridized carbons (Fsp3) is 0.353. The highest BCUT2D eigenvalue weighted by Gasteiger charge is 2.09. The Balaban J connectivity index is 2.08. The monoisotopic (exact) mass is 286 g/mol. The Hall–Kier alpha value is -2.07. The lowest BCUT2D eigenvalue weighted by atomic mass is 10.2. The molecule has 0 aliphatic rings. The van der Waals surface area contributed by atoms with E-state index in [2.05, 4.69) is 28.9 Å². The molecule has 112 valence electrons. The van der Waals surface area contributed by atoms with E-state index in [4.69, 9.17) is 9.47 Å². The van der Waals surface area contributed by atoms with Gasteiger partial charge in [-0.05, 0) is 36.4 Å². The standard InChI is InChI=1S/C17H22N2O2/c1-4-19(13-15-7-5-6-10-18-15)12-14-8-9-16(20-2)17(11-14)21-3/h5-11H,4,12-13H2,1-3H3. The average Bonchev–Trinajstić information content (AvgIpc) is 2.55. The Morgan fingerprint density at radius 2 is 1.81 bits per heavy atom. The van der Waals surface area contributed by atoms with Gasteiger partial charge in [0.15, 0.2) is 11.5 Å². The summed E-state index contributed by atoms with van der Waals surface area (Å²) in [5, 5.41) is 0. The molecule has 0 unspecified atom stereocenters. The summed E-state index contributed by atoms with van der Waals surface area (Å²) < 4.78 is 10.6. The summed E-state index contributed by atoms with van der Waals surface area (Å²) in [7, 11) is 3.31. The molecule has 0 amide bonds. The minimum Gasteiger partial charge on any atom is -0.493 e. The van der Waals surface area contributed by atoms with Crippen LogP contribution in [0.5, 0.6) is 11.5 Å². The lowest BCUT2D eigenvalue weighted by molar-refractivity contribution is 0.267. The number of pyridine rings is 1. The Bertz CT molecular complexity index is 558. The van der Waals surface area contributed by atoms with Crippen molar-refractivity contribution in [1.29, 1.82) is 0 Å². The quantitative estimate of drug-likeness (QED) is 0.783. The van der Waals surface area contributed by atoms with Crippen molar-refractivity contribution >= 4 is 0 Å². The average molecular weight is 286 g/mol. The van der Waals surface area contributed by atoms with Gasteiger partial charge in [0.1, 0.15) is 0 Å². The third-order valence-corrected chi connectivity index (χ3v) is 3.41. The van der Waals surface area contributed by atoms with Crippen LogP contribution in [0.2, 0.25) is 0 Å². The normalized spacial score (nSPS) is 10.7. The highest BCUT2D eigenvalue weighted by molar-refractivity contribution is 5.42. The summed E-state index contributed by atoms with van der Waals surface area (Å²) in [4.78, 5) is 6.72. The van der Waals surface area contributed by atoms with Crippen LogP contribution >= 0.6 is 0 Å². The molecule has 0 saturated heterocycles. The SMILES string of the molecule is CCN(Cc1ccc(OC)c(OC)c1)Cc1ccccn1. The van der Waals surface area contributed by atoms with E-state index in [1.165, 1.54) is 5.56 Å². The highest BCUT2D eigenvalue weighted by Crippen LogP contribution is 2.28. The van der Waals surface area contributed by atoms with Gasteiger partial charge in [-0.15, -0.1) is 0 Å². The van der Waals surface area contributed by atoms with E-state index in [-0.39, 0.29) is 0 Å². The highest BCUT2D eigenvalue weighted by atomic mass is 16.5. The summed E-state index contributed by atoms with van der Waals surface area (Å²) in [5.41, 5.74) is 2.28. The van der Waals surface area contributed by atoms with Crippen LogP contribution < -0.4 is 9.47 Å². The van der Waals surface area contributed by atoms with Crippen LogP contribution in [0.15, 0.2) is 42.6 Å². The van der Waals surface area contributed by atoms with Gasteiger partial charge >= 0.3 is 0 Å². The molecular weight excluding hydrogens is 264 g/mol. The molecule has 0 atom stereocenters. The molecule has 4 nitrogen and oxygen atoms in total. The molecule has 0 N–H and O–H groups in total. The van der Waals surface area contributed by atoms with Crippen LogP contribution in [0.3, 0.4) is 0 Å². The van der Waals surface area contributed by atoms with Crippen LogP contribution in [0.4, 0.5) is 0 Å². The van der Waals surface area contributed by atoms with E-state index in [0.717, 1.165) is 36.8 Å². The first-order valence-electron chi connectivity index (χ1n) is 7.10. The summed E-state index contributed by atoms with van der Waals surface area (Å²) in [6.45, 7) is 4.81. The number of rotatable bonds is 7. The van der Waals surface area contributed by atoms with E-state index in [1.54, 1.807) is 14.2 Å². The second-order valence-corrected chi connectivity index (χ2v) is 4.81. The predicted molar refractivity (Wildman–Crippen MR) is 83.6 cm³/mol. The van der Waals surface area contributed by atoms with Crippen molar-refractivity contribution in [1.82, 2.24) is 9.88 Å². The Kier molecular flexibility index (Phi) is 5.58. The number of hydrogen-bond acceptors (Lipinski definition) is 4. The van der Waals surface area contributed by atoms with Crippen LogP contribution in [0, 0.1) is 0 Å².